The van der Waals surface area contributed by atoms with Gasteiger partial charge in [-0.05, 0) is 40.2 Å². The Morgan fingerprint density at radius 2 is 1.71 bits per heavy atom. The van der Waals surface area contributed by atoms with Crippen LogP contribution in [0.1, 0.15) is 15.9 Å². The van der Waals surface area contributed by atoms with Gasteiger partial charge in [-0.3, -0.25) is 4.79 Å². The molecule has 2 aromatic rings. The Labute approximate surface area is 150 Å². The summed E-state index contributed by atoms with van der Waals surface area (Å²) in [7, 11) is 1.54. The fourth-order valence-electron chi connectivity index (χ4n) is 1.73. The van der Waals surface area contributed by atoms with E-state index in [0.29, 0.717) is 15.8 Å². The third-order valence-corrected chi connectivity index (χ3v) is 4.94. The third-order valence-electron chi connectivity index (χ3n) is 2.76. The Balaban J connectivity index is 2.55. The van der Waals surface area contributed by atoms with Crippen molar-refractivity contribution in [2.24, 2.45) is 0 Å². The summed E-state index contributed by atoms with van der Waals surface area (Å²) in [5.41, 5.74) is 0.509. The van der Waals surface area contributed by atoms with Gasteiger partial charge in [0.1, 0.15) is 5.75 Å². The van der Waals surface area contributed by atoms with Crippen molar-refractivity contribution in [1.82, 2.24) is 0 Å². The van der Waals surface area contributed by atoms with E-state index in [2.05, 4.69) is 15.9 Å². The van der Waals surface area contributed by atoms with Crippen molar-refractivity contribution in [2.75, 3.05) is 7.11 Å². The van der Waals surface area contributed by atoms with Gasteiger partial charge < -0.3 is 4.74 Å². The van der Waals surface area contributed by atoms with Crippen LogP contribution in [0.15, 0.2) is 28.7 Å². The van der Waals surface area contributed by atoms with Crippen molar-refractivity contribution in [3.05, 3.63) is 60.0 Å². The van der Waals surface area contributed by atoms with Gasteiger partial charge in [-0.25, -0.2) is 0 Å². The number of benzene rings is 2. The smallest absolute Gasteiger partial charge is 0.196 e. The summed E-state index contributed by atoms with van der Waals surface area (Å²) in [6.45, 7) is 0. The Hall–Kier alpha value is -0.450. The third kappa shape index (κ3) is 3.33. The molecule has 2 nitrogen and oxygen atoms in total. The predicted molar refractivity (Wildman–Crippen MR) is 90.6 cm³/mol. The van der Waals surface area contributed by atoms with E-state index < -0.39 is 0 Å². The van der Waals surface area contributed by atoms with Crippen LogP contribution in [0.25, 0.3) is 0 Å². The zero-order valence-electron chi connectivity index (χ0n) is 10.5. The van der Waals surface area contributed by atoms with Crippen LogP contribution < -0.4 is 4.74 Å². The van der Waals surface area contributed by atoms with E-state index in [1.54, 1.807) is 18.2 Å². The molecule has 0 atom stereocenters. The van der Waals surface area contributed by atoms with Gasteiger partial charge in [-0.15, -0.1) is 0 Å². The highest BCUT2D eigenvalue weighted by Gasteiger charge is 2.21. The number of ketones is 1. The molecule has 2 rings (SSSR count). The quantitative estimate of drug-likeness (QED) is 0.325. The van der Waals surface area contributed by atoms with E-state index in [9.17, 15) is 4.79 Å². The molecule has 7 heteroatoms. The number of hydrogen-bond acceptors (Lipinski definition) is 2. The lowest BCUT2D eigenvalue weighted by molar-refractivity contribution is 0.103. The molecule has 0 aromatic heterocycles. The van der Waals surface area contributed by atoms with E-state index in [0.717, 1.165) is 0 Å². The van der Waals surface area contributed by atoms with E-state index in [4.69, 9.17) is 51.1 Å². The Morgan fingerprint density at radius 3 is 2.29 bits per heavy atom. The molecule has 0 fully saturated rings. The minimum Gasteiger partial charge on any atom is -0.496 e. The zero-order valence-corrected chi connectivity index (χ0v) is 15.1. The van der Waals surface area contributed by atoms with Crippen LogP contribution >= 0.6 is 62.3 Å². The van der Waals surface area contributed by atoms with Gasteiger partial charge in [0, 0.05) is 5.56 Å². The van der Waals surface area contributed by atoms with Crippen molar-refractivity contribution in [2.45, 2.75) is 0 Å². The SMILES string of the molecule is COc1ccc(C(=O)c2c(Cl)cc(Cl)c(Cl)c2Cl)cc1Br. The van der Waals surface area contributed by atoms with Crippen LogP contribution in [0, 0.1) is 0 Å². The van der Waals surface area contributed by atoms with Crippen LogP contribution in [0.5, 0.6) is 5.75 Å². The topological polar surface area (TPSA) is 26.3 Å². The maximum Gasteiger partial charge on any atom is 0.196 e. The first kappa shape index (κ1) is 16.9. The second kappa shape index (κ2) is 6.76. The molecule has 0 N–H and O–H groups in total. The summed E-state index contributed by atoms with van der Waals surface area (Å²) >= 11 is 27.3. The number of halogens is 5. The van der Waals surface area contributed by atoms with E-state index in [-0.39, 0.29) is 31.4 Å². The number of rotatable bonds is 3. The molecule has 0 amide bonds. The Morgan fingerprint density at radius 1 is 1.05 bits per heavy atom. The van der Waals surface area contributed by atoms with Gasteiger partial charge in [0.25, 0.3) is 0 Å². The molecule has 110 valence electrons. The predicted octanol–water partition coefficient (Wildman–Crippen LogP) is 6.30. The highest BCUT2D eigenvalue weighted by molar-refractivity contribution is 9.10. The van der Waals surface area contributed by atoms with Crippen LogP contribution in [0.3, 0.4) is 0 Å². The lowest BCUT2D eigenvalue weighted by atomic mass is 10.0. The Bertz CT molecular complexity index is 731. The molecular weight excluding hydrogens is 422 g/mol. The lowest BCUT2D eigenvalue weighted by Crippen LogP contribution is -2.04. The van der Waals surface area contributed by atoms with Crippen LogP contribution in [0.2, 0.25) is 20.1 Å². The summed E-state index contributed by atoms with van der Waals surface area (Å²) in [5, 5.41) is 0.468. The standard InChI is InChI=1S/C14H7BrCl4O2/c1-21-10-3-2-6(4-7(10)15)14(20)11-8(16)5-9(17)12(18)13(11)19/h2-5H,1H3. The molecule has 0 saturated heterocycles. The molecule has 0 aliphatic heterocycles. The van der Waals surface area contributed by atoms with E-state index in [1.807, 2.05) is 0 Å². The largest absolute Gasteiger partial charge is 0.496 e. The second-order valence-electron chi connectivity index (χ2n) is 4.02. The summed E-state index contributed by atoms with van der Waals surface area (Å²) in [4.78, 5) is 12.6. The van der Waals surface area contributed by atoms with Gasteiger partial charge in [-0.1, -0.05) is 46.4 Å². The molecular formula is C14H7BrCl4O2. The first-order valence-electron chi connectivity index (χ1n) is 5.58. The van der Waals surface area contributed by atoms with Gasteiger partial charge in [0.2, 0.25) is 0 Å². The maximum atomic E-state index is 12.6. The number of hydrogen-bond donors (Lipinski definition) is 0. The molecule has 0 heterocycles. The van der Waals surface area contributed by atoms with Crippen molar-refractivity contribution < 1.29 is 9.53 Å². The highest BCUT2D eigenvalue weighted by atomic mass is 79.9. The molecule has 0 radical (unpaired) electrons. The molecule has 0 aliphatic carbocycles. The van der Waals surface area contributed by atoms with Gasteiger partial charge in [0.05, 0.1) is 37.2 Å². The van der Waals surface area contributed by atoms with Crippen LogP contribution in [-0.2, 0) is 0 Å². The molecule has 0 aliphatic rings. The molecule has 0 bridgehead atoms. The van der Waals surface area contributed by atoms with Gasteiger partial charge >= 0.3 is 0 Å². The van der Waals surface area contributed by atoms with E-state index >= 15 is 0 Å². The first-order chi connectivity index (χ1) is 9.86. The minimum absolute atomic E-state index is 0.0334. The molecule has 0 unspecified atom stereocenters. The van der Waals surface area contributed by atoms with Crippen molar-refractivity contribution in [3.63, 3.8) is 0 Å². The average molecular weight is 429 g/mol. The second-order valence-corrected chi connectivity index (χ2v) is 6.45. The normalized spacial score (nSPS) is 10.6. The van der Waals surface area contributed by atoms with Gasteiger partial charge in [-0.2, -0.15) is 0 Å². The monoisotopic (exact) mass is 426 g/mol. The van der Waals surface area contributed by atoms with E-state index in [1.165, 1.54) is 13.2 Å². The maximum absolute atomic E-state index is 12.6. The van der Waals surface area contributed by atoms with Crippen LogP contribution in [-0.4, -0.2) is 12.9 Å². The minimum atomic E-state index is -0.355. The number of methoxy groups -OCH3 is 1. The van der Waals surface area contributed by atoms with Crippen molar-refractivity contribution in [1.29, 1.82) is 0 Å². The van der Waals surface area contributed by atoms with Crippen molar-refractivity contribution >= 4 is 68.1 Å². The highest BCUT2D eigenvalue weighted by Crippen LogP contribution is 2.39. The fourth-order valence-corrected chi connectivity index (χ4v) is 3.35. The first-order valence-corrected chi connectivity index (χ1v) is 7.88. The van der Waals surface area contributed by atoms with Crippen molar-refractivity contribution in [3.8, 4) is 5.75 Å². The molecule has 2 aromatic carbocycles. The lowest BCUT2D eigenvalue weighted by Gasteiger charge is -2.10. The Kier molecular flexibility index (Phi) is 5.44. The molecule has 0 spiro atoms. The van der Waals surface area contributed by atoms with Gasteiger partial charge in [0.15, 0.2) is 5.78 Å². The summed E-state index contributed by atoms with van der Waals surface area (Å²) in [6, 6.07) is 6.29. The summed E-state index contributed by atoms with van der Waals surface area (Å²) in [6.07, 6.45) is 0. The zero-order chi connectivity index (χ0) is 15.7. The number of carbonyl (C=O) groups is 1. The molecule has 21 heavy (non-hydrogen) atoms. The number of ether oxygens (including phenoxy) is 1. The number of carbonyl (C=O) groups excluding carboxylic acids is 1. The average Bonchev–Trinajstić information content (AvgIpc) is 2.44. The summed E-state index contributed by atoms with van der Waals surface area (Å²) < 4.78 is 5.76. The molecule has 0 saturated carbocycles. The van der Waals surface area contributed by atoms with Crippen LogP contribution in [0.4, 0.5) is 0 Å². The summed E-state index contributed by atoms with van der Waals surface area (Å²) in [5.74, 6) is 0.254. The fraction of sp³-hybridized carbons (Fsp3) is 0.0714.